The second kappa shape index (κ2) is 10.2. The van der Waals surface area contributed by atoms with Crippen LogP contribution in [-0.4, -0.2) is 27.5 Å². The van der Waals surface area contributed by atoms with E-state index in [-0.39, 0.29) is 17.4 Å². The summed E-state index contributed by atoms with van der Waals surface area (Å²) in [6, 6.07) is 19.1. The van der Waals surface area contributed by atoms with Gasteiger partial charge < -0.3 is 14.8 Å². The van der Waals surface area contributed by atoms with E-state index in [0.717, 1.165) is 0 Å². The van der Waals surface area contributed by atoms with E-state index in [4.69, 9.17) is 21.1 Å². The highest BCUT2D eigenvalue weighted by molar-refractivity contribution is 7.92. The van der Waals surface area contributed by atoms with Gasteiger partial charge in [0.05, 0.1) is 11.5 Å². The molecule has 3 aromatic rings. The molecule has 0 unspecified atom stereocenters. The lowest BCUT2D eigenvalue weighted by molar-refractivity contribution is -0.118. The molecule has 7 nitrogen and oxygen atoms in total. The van der Waals surface area contributed by atoms with Crippen LogP contribution in [0.25, 0.3) is 0 Å². The third-order valence-electron chi connectivity index (χ3n) is 4.05. The molecule has 0 saturated heterocycles. The normalized spacial score (nSPS) is 10.9. The Balaban J connectivity index is 1.55. The number of ether oxygens (including phenoxy) is 2. The fraction of sp³-hybridized carbons (Fsp3) is 0.136. The number of halogens is 1. The lowest BCUT2D eigenvalue weighted by Crippen LogP contribution is -2.20. The van der Waals surface area contributed by atoms with Crippen molar-refractivity contribution in [2.75, 3.05) is 23.3 Å². The molecule has 0 saturated carbocycles. The molecule has 162 valence electrons. The van der Waals surface area contributed by atoms with Crippen molar-refractivity contribution in [2.24, 2.45) is 0 Å². The van der Waals surface area contributed by atoms with Gasteiger partial charge in [0, 0.05) is 16.4 Å². The van der Waals surface area contributed by atoms with Crippen LogP contribution >= 0.6 is 11.6 Å². The van der Waals surface area contributed by atoms with Crippen molar-refractivity contribution >= 4 is 38.9 Å². The first-order valence-corrected chi connectivity index (χ1v) is 11.3. The van der Waals surface area contributed by atoms with Crippen molar-refractivity contribution in [2.45, 2.75) is 11.8 Å². The number of rotatable bonds is 9. The van der Waals surface area contributed by atoms with Crippen molar-refractivity contribution in [1.29, 1.82) is 0 Å². The Labute approximate surface area is 186 Å². The van der Waals surface area contributed by atoms with Gasteiger partial charge in [-0.15, -0.1) is 0 Å². The summed E-state index contributed by atoms with van der Waals surface area (Å²) >= 11 is 5.81. The van der Waals surface area contributed by atoms with Gasteiger partial charge in [-0.3, -0.25) is 9.52 Å². The quantitative estimate of drug-likeness (QED) is 0.488. The number of hydrogen-bond donors (Lipinski definition) is 2. The largest absolute Gasteiger partial charge is 0.494 e. The van der Waals surface area contributed by atoms with E-state index in [1.807, 2.05) is 6.92 Å². The minimum absolute atomic E-state index is 0.0688. The molecule has 1 amide bonds. The minimum atomic E-state index is -3.77. The van der Waals surface area contributed by atoms with Crippen molar-refractivity contribution in [3.63, 3.8) is 0 Å². The van der Waals surface area contributed by atoms with Gasteiger partial charge in [-0.2, -0.15) is 0 Å². The molecular formula is C22H21ClN2O5S. The predicted octanol–water partition coefficient (Wildman–Crippen LogP) is 4.56. The number of nitrogens with one attached hydrogen (secondary N) is 2. The SMILES string of the molecule is CCOc1ccc(NS(=O)(=O)c2ccc(OCC(=O)Nc3ccc(Cl)cc3)cc2)cc1. The van der Waals surface area contributed by atoms with Crippen LogP contribution in [0.15, 0.2) is 77.7 Å². The second-order valence-electron chi connectivity index (χ2n) is 6.38. The molecule has 0 bridgehead atoms. The number of sulfonamides is 1. The van der Waals surface area contributed by atoms with Crippen LogP contribution in [0.1, 0.15) is 6.92 Å². The summed E-state index contributed by atoms with van der Waals surface area (Å²) in [5, 5.41) is 3.25. The second-order valence-corrected chi connectivity index (χ2v) is 8.50. The highest BCUT2D eigenvalue weighted by Gasteiger charge is 2.14. The average molecular weight is 461 g/mol. The number of carbonyl (C=O) groups is 1. The zero-order valence-corrected chi connectivity index (χ0v) is 18.2. The van der Waals surface area contributed by atoms with E-state index >= 15 is 0 Å². The van der Waals surface area contributed by atoms with Gasteiger partial charge in [0.1, 0.15) is 11.5 Å². The van der Waals surface area contributed by atoms with Gasteiger partial charge in [0.15, 0.2) is 6.61 Å². The van der Waals surface area contributed by atoms with Gasteiger partial charge in [0.25, 0.3) is 15.9 Å². The number of anilines is 2. The maximum atomic E-state index is 12.6. The van der Waals surface area contributed by atoms with Gasteiger partial charge in [-0.1, -0.05) is 11.6 Å². The molecule has 0 spiro atoms. The van der Waals surface area contributed by atoms with Crippen molar-refractivity contribution < 1.29 is 22.7 Å². The molecule has 0 aliphatic rings. The number of amides is 1. The summed E-state index contributed by atoms with van der Waals surface area (Å²) in [6.07, 6.45) is 0. The average Bonchev–Trinajstić information content (AvgIpc) is 2.76. The minimum Gasteiger partial charge on any atom is -0.494 e. The summed E-state index contributed by atoms with van der Waals surface area (Å²) in [6.45, 7) is 2.18. The molecule has 31 heavy (non-hydrogen) atoms. The van der Waals surface area contributed by atoms with Crippen LogP contribution in [0, 0.1) is 0 Å². The topological polar surface area (TPSA) is 93.7 Å². The molecule has 0 radical (unpaired) electrons. The van der Waals surface area contributed by atoms with Gasteiger partial charge >= 0.3 is 0 Å². The van der Waals surface area contributed by atoms with Crippen LogP contribution in [-0.2, 0) is 14.8 Å². The highest BCUT2D eigenvalue weighted by atomic mass is 35.5. The van der Waals surface area contributed by atoms with E-state index in [1.165, 1.54) is 24.3 Å². The van der Waals surface area contributed by atoms with E-state index in [2.05, 4.69) is 10.0 Å². The first-order valence-electron chi connectivity index (χ1n) is 9.40. The van der Waals surface area contributed by atoms with Crippen molar-refractivity contribution in [1.82, 2.24) is 0 Å². The monoisotopic (exact) mass is 460 g/mol. The Morgan fingerprint density at radius 2 is 1.39 bits per heavy atom. The molecule has 3 rings (SSSR count). The number of benzene rings is 3. The molecule has 0 aromatic heterocycles. The lowest BCUT2D eigenvalue weighted by atomic mass is 10.3. The van der Waals surface area contributed by atoms with Crippen LogP contribution in [0.5, 0.6) is 11.5 Å². The molecule has 0 atom stereocenters. The Kier molecular flexibility index (Phi) is 7.38. The molecule has 0 aliphatic heterocycles. The summed E-state index contributed by atoms with van der Waals surface area (Å²) in [7, 11) is -3.77. The zero-order chi connectivity index (χ0) is 22.3. The summed E-state index contributed by atoms with van der Waals surface area (Å²) in [5.74, 6) is 0.675. The first-order chi connectivity index (χ1) is 14.9. The van der Waals surface area contributed by atoms with E-state index in [0.29, 0.717) is 34.5 Å². The summed E-state index contributed by atoms with van der Waals surface area (Å²) in [4.78, 5) is 12.1. The number of hydrogen-bond acceptors (Lipinski definition) is 5. The summed E-state index contributed by atoms with van der Waals surface area (Å²) < 4.78 is 38.4. The van der Waals surface area contributed by atoms with Gasteiger partial charge in [0.2, 0.25) is 0 Å². The molecule has 0 aliphatic carbocycles. The Bertz CT molecular complexity index is 1120. The molecule has 0 heterocycles. The standard InChI is InChI=1S/C22H21ClN2O5S/c1-2-29-19-9-7-18(8-10-19)25-31(27,28)21-13-11-20(12-14-21)30-15-22(26)24-17-5-3-16(23)4-6-17/h3-14,25H,2,15H2,1H3,(H,24,26). The predicted molar refractivity (Wildman–Crippen MR) is 120 cm³/mol. The molecule has 3 aromatic carbocycles. The van der Waals surface area contributed by atoms with Gasteiger partial charge in [-0.05, 0) is 79.7 Å². The summed E-state index contributed by atoms with van der Waals surface area (Å²) in [5.41, 5.74) is 1.02. The van der Waals surface area contributed by atoms with Crippen LogP contribution in [0.2, 0.25) is 5.02 Å². The molecule has 9 heteroatoms. The van der Waals surface area contributed by atoms with E-state index in [1.54, 1.807) is 48.5 Å². The lowest BCUT2D eigenvalue weighted by Gasteiger charge is -2.11. The zero-order valence-electron chi connectivity index (χ0n) is 16.7. The van der Waals surface area contributed by atoms with E-state index < -0.39 is 10.0 Å². The van der Waals surface area contributed by atoms with Crippen molar-refractivity contribution in [3.8, 4) is 11.5 Å². The molecule has 0 fully saturated rings. The van der Waals surface area contributed by atoms with Crippen LogP contribution < -0.4 is 19.5 Å². The van der Waals surface area contributed by atoms with Crippen LogP contribution in [0.4, 0.5) is 11.4 Å². The number of carbonyl (C=O) groups excluding carboxylic acids is 1. The molecule has 2 N–H and O–H groups in total. The van der Waals surface area contributed by atoms with Gasteiger partial charge in [-0.25, -0.2) is 8.42 Å². The van der Waals surface area contributed by atoms with Crippen molar-refractivity contribution in [3.05, 3.63) is 77.8 Å². The Morgan fingerprint density at radius 1 is 0.839 bits per heavy atom. The highest BCUT2D eigenvalue weighted by Crippen LogP contribution is 2.21. The third kappa shape index (κ3) is 6.63. The smallest absolute Gasteiger partial charge is 0.262 e. The fourth-order valence-electron chi connectivity index (χ4n) is 2.59. The third-order valence-corrected chi connectivity index (χ3v) is 5.70. The Morgan fingerprint density at radius 3 is 2.00 bits per heavy atom. The maximum Gasteiger partial charge on any atom is 0.262 e. The Hall–Kier alpha value is -3.23. The molecular weight excluding hydrogens is 440 g/mol. The first kappa shape index (κ1) is 22.5. The fourth-order valence-corrected chi connectivity index (χ4v) is 3.78. The van der Waals surface area contributed by atoms with Crippen LogP contribution in [0.3, 0.4) is 0 Å². The maximum absolute atomic E-state index is 12.6. The van der Waals surface area contributed by atoms with E-state index in [9.17, 15) is 13.2 Å².